The molecule has 0 N–H and O–H groups in total. The van der Waals surface area contributed by atoms with Crippen LogP contribution in [0, 0.1) is 0 Å². The van der Waals surface area contributed by atoms with Crippen LogP contribution in [0.2, 0.25) is 5.02 Å². The lowest BCUT2D eigenvalue weighted by Gasteiger charge is -2.18. The predicted octanol–water partition coefficient (Wildman–Crippen LogP) is 5.68. The van der Waals surface area contributed by atoms with Crippen LogP contribution in [0.5, 0.6) is 5.75 Å². The number of anilines is 1. The molecule has 0 saturated heterocycles. The van der Waals surface area contributed by atoms with E-state index in [9.17, 15) is 4.79 Å². The molecule has 0 radical (unpaired) electrons. The Morgan fingerprint density at radius 2 is 2.16 bits per heavy atom. The first-order chi connectivity index (χ1) is 15.6. The van der Waals surface area contributed by atoms with Crippen molar-refractivity contribution in [3.8, 4) is 5.75 Å². The highest BCUT2D eigenvalue weighted by molar-refractivity contribution is 7.22. The van der Waals surface area contributed by atoms with Gasteiger partial charge in [0.1, 0.15) is 5.75 Å². The first-order valence-corrected chi connectivity index (χ1v) is 11.6. The van der Waals surface area contributed by atoms with Crippen LogP contribution in [-0.2, 0) is 11.3 Å². The number of imidazole rings is 1. The van der Waals surface area contributed by atoms with E-state index in [4.69, 9.17) is 21.3 Å². The van der Waals surface area contributed by atoms with Gasteiger partial charge < -0.3 is 9.30 Å². The van der Waals surface area contributed by atoms with Gasteiger partial charge in [-0.3, -0.25) is 9.69 Å². The fraction of sp³-hybridized carbons (Fsp3) is 0.208. The van der Waals surface area contributed by atoms with E-state index < -0.39 is 0 Å². The Kier molecular flexibility index (Phi) is 7.19. The number of aromatic nitrogens is 3. The van der Waals surface area contributed by atoms with Crippen LogP contribution in [0.3, 0.4) is 0 Å². The molecule has 0 unspecified atom stereocenters. The molecule has 32 heavy (non-hydrogen) atoms. The molecule has 4 rings (SSSR count). The molecule has 1 amide bonds. The first-order valence-electron chi connectivity index (χ1n) is 10.4. The van der Waals surface area contributed by atoms with Crippen LogP contribution in [0.4, 0.5) is 5.13 Å². The number of hydrogen-bond donors (Lipinski definition) is 0. The van der Waals surface area contributed by atoms with E-state index in [0.29, 0.717) is 23.3 Å². The number of halogens is 1. The fourth-order valence-corrected chi connectivity index (χ4v) is 4.48. The van der Waals surface area contributed by atoms with E-state index in [1.165, 1.54) is 11.3 Å². The maximum absolute atomic E-state index is 13.2. The summed E-state index contributed by atoms with van der Waals surface area (Å²) in [5.41, 5.74) is 1.64. The Morgan fingerprint density at radius 3 is 2.94 bits per heavy atom. The van der Waals surface area contributed by atoms with E-state index >= 15 is 0 Å². The molecule has 2 aromatic carbocycles. The van der Waals surface area contributed by atoms with Crippen molar-refractivity contribution in [3.63, 3.8) is 0 Å². The van der Waals surface area contributed by atoms with E-state index in [-0.39, 0.29) is 5.91 Å². The number of aryl methyl sites for hydroxylation is 1. The zero-order valence-electron chi connectivity index (χ0n) is 17.6. The highest BCUT2D eigenvalue weighted by Gasteiger charge is 2.18. The lowest BCUT2D eigenvalue weighted by atomic mass is 10.2. The van der Waals surface area contributed by atoms with Crippen molar-refractivity contribution in [3.05, 3.63) is 77.8 Å². The van der Waals surface area contributed by atoms with E-state index in [0.717, 1.165) is 34.5 Å². The Bertz CT molecular complexity index is 1220. The highest BCUT2D eigenvalue weighted by atomic mass is 35.5. The van der Waals surface area contributed by atoms with Crippen molar-refractivity contribution in [2.75, 3.05) is 18.1 Å². The molecule has 0 aliphatic heterocycles. The molecule has 164 valence electrons. The number of carbonyl (C=O) groups excluding carboxylic acids is 1. The van der Waals surface area contributed by atoms with Gasteiger partial charge in [-0.1, -0.05) is 41.1 Å². The van der Waals surface area contributed by atoms with Crippen LogP contribution in [-0.4, -0.2) is 33.6 Å². The second-order valence-electron chi connectivity index (χ2n) is 7.06. The average molecular weight is 467 g/mol. The van der Waals surface area contributed by atoms with Crippen LogP contribution in [0.15, 0.2) is 67.3 Å². The normalized spacial score (nSPS) is 11.3. The quantitative estimate of drug-likeness (QED) is 0.298. The molecule has 6 nitrogen and oxygen atoms in total. The van der Waals surface area contributed by atoms with E-state index in [1.807, 2.05) is 54.1 Å². The predicted molar refractivity (Wildman–Crippen MR) is 130 cm³/mol. The molecule has 0 spiro atoms. The molecule has 0 atom stereocenters. The van der Waals surface area contributed by atoms with Crippen LogP contribution >= 0.6 is 22.9 Å². The summed E-state index contributed by atoms with van der Waals surface area (Å²) in [4.78, 5) is 23.7. The largest absolute Gasteiger partial charge is 0.494 e. The van der Waals surface area contributed by atoms with Gasteiger partial charge in [0.2, 0.25) is 0 Å². The van der Waals surface area contributed by atoms with Gasteiger partial charge in [0, 0.05) is 36.6 Å². The van der Waals surface area contributed by atoms with Crippen molar-refractivity contribution >= 4 is 50.3 Å². The molecular weight excluding hydrogens is 444 g/mol. The van der Waals surface area contributed by atoms with Gasteiger partial charge in [-0.2, -0.15) is 0 Å². The maximum atomic E-state index is 13.2. The zero-order chi connectivity index (χ0) is 22.3. The number of nitrogens with zero attached hydrogens (tertiary/aromatic N) is 4. The van der Waals surface area contributed by atoms with E-state index in [2.05, 4.69) is 4.98 Å². The molecule has 2 aromatic heterocycles. The van der Waals surface area contributed by atoms with Crippen LogP contribution < -0.4 is 9.64 Å². The molecular formula is C24H23ClN4O2S. The van der Waals surface area contributed by atoms with Crippen molar-refractivity contribution in [2.45, 2.75) is 19.9 Å². The minimum absolute atomic E-state index is 0.139. The lowest BCUT2D eigenvalue weighted by molar-refractivity contribution is -0.114. The summed E-state index contributed by atoms with van der Waals surface area (Å²) < 4.78 is 8.58. The number of benzene rings is 2. The van der Waals surface area contributed by atoms with Gasteiger partial charge in [0.05, 0.1) is 23.2 Å². The van der Waals surface area contributed by atoms with Crippen molar-refractivity contribution in [1.82, 2.24) is 14.5 Å². The number of rotatable bonds is 9. The van der Waals surface area contributed by atoms with Crippen molar-refractivity contribution < 1.29 is 9.53 Å². The topological polar surface area (TPSA) is 60.2 Å². The monoisotopic (exact) mass is 466 g/mol. The molecule has 0 fully saturated rings. The SMILES string of the molecule is CCOc1ccc2nc(N(CCCn3ccnc3)C(=O)/C=C/c3ccccc3Cl)sc2c1. The number of hydrogen-bond acceptors (Lipinski definition) is 5. The summed E-state index contributed by atoms with van der Waals surface area (Å²) in [6.07, 6.45) is 9.50. The Labute approximate surface area is 195 Å². The zero-order valence-corrected chi connectivity index (χ0v) is 19.2. The fourth-order valence-electron chi connectivity index (χ4n) is 3.26. The maximum Gasteiger partial charge on any atom is 0.252 e. The minimum atomic E-state index is -0.139. The summed E-state index contributed by atoms with van der Waals surface area (Å²) in [5.74, 6) is 0.659. The molecule has 2 heterocycles. The van der Waals surface area contributed by atoms with E-state index in [1.54, 1.807) is 35.6 Å². The Morgan fingerprint density at radius 1 is 1.28 bits per heavy atom. The number of carbonyl (C=O) groups is 1. The van der Waals surface area contributed by atoms with Gasteiger partial charge in [0.25, 0.3) is 5.91 Å². The van der Waals surface area contributed by atoms with Gasteiger partial charge in [-0.15, -0.1) is 0 Å². The summed E-state index contributed by atoms with van der Waals surface area (Å²) in [6.45, 7) is 3.84. The number of thiazole rings is 1. The van der Waals surface area contributed by atoms with Gasteiger partial charge >= 0.3 is 0 Å². The lowest BCUT2D eigenvalue weighted by Crippen LogP contribution is -2.30. The Hall–Kier alpha value is -3.16. The minimum Gasteiger partial charge on any atom is -0.494 e. The van der Waals surface area contributed by atoms with Gasteiger partial charge in [0.15, 0.2) is 5.13 Å². The van der Waals surface area contributed by atoms with Crippen LogP contribution in [0.25, 0.3) is 16.3 Å². The summed E-state index contributed by atoms with van der Waals surface area (Å²) in [5, 5.41) is 1.26. The smallest absolute Gasteiger partial charge is 0.252 e. The third-order valence-corrected chi connectivity index (χ3v) is 6.21. The second kappa shape index (κ2) is 10.4. The highest BCUT2D eigenvalue weighted by Crippen LogP contribution is 2.32. The molecule has 0 saturated carbocycles. The number of ether oxygens (including phenoxy) is 1. The van der Waals surface area contributed by atoms with Crippen molar-refractivity contribution in [2.24, 2.45) is 0 Å². The Balaban J connectivity index is 1.58. The summed E-state index contributed by atoms with van der Waals surface area (Å²) in [7, 11) is 0. The number of fused-ring (bicyclic) bond motifs is 1. The third-order valence-electron chi connectivity index (χ3n) is 4.82. The summed E-state index contributed by atoms with van der Waals surface area (Å²) >= 11 is 7.71. The summed E-state index contributed by atoms with van der Waals surface area (Å²) in [6, 6.07) is 13.2. The van der Waals surface area contributed by atoms with Crippen LogP contribution in [0.1, 0.15) is 18.9 Å². The molecule has 4 aromatic rings. The molecule has 0 aliphatic carbocycles. The number of amides is 1. The second-order valence-corrected chi connectivity index (χ2v) is 8.47. The van der Waals surface area contributed by atoms with Gasteiger partial charge in [-0.25, -0.2) is 9.97 Å². The molecule has 0 bridgehead atoms. The third kappa shape index (κ3) is 5.36. The first kappa shape index (κ1) is 22.0. The van der Waals surface area contributed by atoms with Gasteiger partial charge in [-0.05, 0) is 49.2 Å². The van der Waals surface area contributed by atoms with Crippen molar-refractivity contribution in [1.29, 1.82) is 0 Å². The average Bonchev–Trinajstić information content (AvgIpc) is 3.45. The molecule has 0 aliphatic rings. The standard InChI is InChI=1S/C24H23ClN4O2S/c1-2-31-19-9-10-21-22(16-19)32-24(27-21)29(14-5-13-28-15-12-26-17-28)23(30)11-8-18-6-3-4-7-20(18)25/h3-4,6-12,15-17H,2,5,13-14H2,1H3/b11-8+. The molecule has 8 heteroatoms.